The Morgan fingerprint density at radius 3 is 2.76 bits per heavy atom. The lowest BCUT2D eigenvalue weighted by molar-refractivity contribution is 0.0664. The van der Waals surface area contributed by atoms with Crippen molar-refractivity contribution in [3.8, 4) is 0 Å². The Kier molecular flexibility index (Phi) is 4.20. The number of fused-ring (bicyclic) bond motifs is 3. The summed E-state index contributed by atoms with van der Waals surface area (Å²) in [4.78, 5) is 18.2. The molecule has 0 bridgehead atoms. The molecule has 3 N–H and O–H groups in total. The topological polar surface area (TPSA) is 62.1 Å². The lowest BCUT2D eigenvalue weighted by Crippen LogP contribution is -2.43. The van der Waals surface area contributed by atoms with Crippen LogP contribution in [0.15, 0.2) is 42.5 Å². The molecule has 0 fully saturated rings. The molecule has 0 aliphatic carbocycles. The van der Waals surface area contributed by atoms with Gasteiger partial charge in [-0.25, -0.2) is 0 Å². The maximum absolute atomic E-state index is 13.0. The minimum absolute atomic E-state index is 0.0553. The minimum Gasteiger partial charge on any atom is -0.356 e. The smallest absolute Gasteiger partial charge is 0.254 e. The van der Waals surface area contributed by atoms with Gasteiger partial charge >= 0.3 is 0 Å². The number of aromatic nitrogens is 1. The van der Waals surface area contributed by atoms with E-state index < -0.39 is 0 Å². The zero-order valence-electron chi connectivity index (χ0n) is 13.4. The first-order chi connectivity index (χ1) is 12.1. The quantitative estimate of drug-likeness (QED) is 0.707. The van der Waals surface area contributed by atoms with E-state index >= 15 is 0 Å². The van der Waals surface area contributed by atoms with Gasteiger partial charge in [0.2, 0.25) is 0 Å². The molecule has 3 aromatic rings. The first kappa shape index (κ1) is 16.5. The monoisotopic (exact) mass is 373 g/mol. The summed E-state index contributed by atoms with van der Waals surface area (Å²) in [6, 6.07) is 12.6. The second-order valence-electron chi connectivity index (χ2n) is 6.22. The standard InChI is InChI=1S/C19H17Cl2N3O/c20-12-3-1-2-11(8-12)19(25)24-7-6-14-15-9-13(21)4-5-16(15)23-18(14)17(24)10-22/h1-5,8-9,17,23H,6-7,10,22H2. The third-order valence-corrected chi connectivity index (χ3v) is 5.24. The summed E-state index contributed by atoms with van der Waals surface area (Å²) in [5, 5.41) is 2.36. The second-order valence-corrected chi connectivity index (χ2v) is 7.09. The molecule has 6 heteroatoms. The molecule has 1 amide bonds. The maximum Gasteiger partial charge on any atom is 0.254 e. The van der Waals surface area contributed by atoms with Crippen molar-refractivity contribution >= 4 is 40.0 Å². The number of carbonyl (C=O) groups excluding carboxylic acids is 1. The first-order valence-corrected chi connectivity index (χ1v) is 8.90. The van der Waals surface area contributed by atoms with Crippen LogP contribution in [-0.4, -0.2) is 28.9 Å². The second kappa shape index (κ2) is 6.37. The number of nitrogens with one attached hydrogen (secondary N) is 1. The number of halogens is 2. The van der Waals surface area contributed by atoms with Gasteiger partial charge in [-0.15, -0.1) is 0 Å². The third-order valence-electron chi connectivity index (χ3n) is 4.77. The number of hydrogen-bond donors (Lipinski definition) is 2. The van der Waals surface area contributed by atoms with Gasteiger partial charge in [0.05, 0.1) is 6.04 Å². The van der Waals surface area contributed by atoms with Crippen molar-refractivity contribution in [2.45, 2.75) is 12.5 Å². The predicted molar refractivity (Wildman–Crippen MR) is 101 cm³/mol. The Bertz CT molecular complexity index is 966. The molecule has 2 aromatic carbocycles. The maximum atomic E-state index is 13.0. The van der Waals surface area contributed by atoms with Gasteiger partial charge in [-0.1, -0.05) is 29.3 Å². The van der Waals surface area contributed by atoms with Gasteiger partial charge < -0.3 is 15.6 Å². The van der Waals surface area contributed by atoms with Gasteiger partial charge in [0.1, 0.15) is 0 Å². The van der Waals surface area contributed by atoms with Gasteiger partial charge in [-0.05, 0) is 48.4 Å². The van der Waals surface area contributed by atoms with Crippen molar-refractivity contribution in [3.05, 3.63) is 69.3 Å². The van der Waals surface area contributed by atoms with Crippen LogP contribution in [0.25, 0.3) is 10.9 Å². The summed E-state index contributed by atoms with van der Waals surface area (Å²) in [5.41, 5.74) is 9.83. The van der Waals surface area contributed by atoms with E-state index in [9.17, 15) is 4.79 Å². The molecule has 0 saturated carbocycles. The van der Waals surface area contributed by atoms with Crippen molar-refractivity contribution in [2.24, 2.45) is 5.73 Å². The third kappa shape index (κ3) is 2.80. The molecule has 0 spiro atoms. The summed E-state index contributed by atoms with van der Waals surface area (Å²) < 4.78 is 0. The number of amides is 1. The molecule has 128 valence electrons. The highest BCUT2D eigenvalue weighted by Gasteiger charge is 2.33. The number of hydrogen-bond acceptors (Lipinski definition) is 2. The molecule has 1 atom stereocenters. The number of rotatable bonds is 2. The summed E-state index contributed by atoms with van der Waals surface area (Å²) in [6.45, 7) is 0.958. The molecular formula is C19H17Cl2N3O. The zero-order chi connectivity index (χ0) is 17.6. The lowest BCUT2D eigenvalue weighted by atomic mass is 9.96. The van der Waals surface area contributed by atoms with Crippen molar-refractivity contribution in [1.82, 2.24) is 9.88 Å². The molecule has 0 radical (unpaired) electrons. The zero-order valence-corrected chi connectivity index (χ0v) is 14.9. The molecule has 1 aliphatic rings. The van der Waals surface area contributed by atoms with Gasteiger partial charge in [-0.2, -0.15) is 0 Å². The fraction of sp³-hybridized carbons (Fsp3) is 0.211. The predicted octanol–water partition coefficient (Wildman–Crippen LogP) is 4.17. The van der Waals surface area contributed by atoms with Crippen LogP contribution >= 0.6 is 23.2 Å². The SMILES string of the molecule is NCC1c2[nH]c3ccc(Cl)cc3c2CCN1C(=O)c1cccc(Cl)c1. The molecule has 4 rings (SSSR count). The highest BCUT2D eigenvalue weighted by Crippen LogP contribution is 2.35. The van der Waals surface area contributed by atoms with Crippen molar-refractivity contribution < 1.29 is 4.79 Å². The van der Waals surface area contributed by atoms with Gasteiger partial charge in [0.15, 0.2) is 0 Å². The molecular weight excluding hydrogens is 357 g/mol. The molecule has 1 aromatic heterocycles. The van der Waals surface area contributed by atoms with E-state index in [2.05, 4.69) is 4.98 Å². The molecule has 25 heavy (non-hydrogen) atoms. The number of nitrogens with zero attached hydrogens (tertiary/aromatic N) is 1. The summed E-state index contributed by atoms with van der Waals surface area (Å²) >= 11 is 12.2. The summed E-state index contributed by atoms with van der Waals surface area (Å²) in [5.74, 6) is -0.0553. The Hall–Kier alpha value is -2.01. The van der Waals surface area contributed by atoms with Crippen molar-refractivity contribution in [2.75, 3.05) is 13.1 Å². The largest absolute Gasteiger partial charge is 0.356 e. The molecule has 1 unspecified atom stereocenters. The highest BCUT2D eigenvalue weighted by atomic mass is 35.5. The van der Waals surface area contributed by atoms with Crippen LogP contribution in [0.3, 0.4) is 0 Å². The minimum atomic E-state index is -0.193. The van der Waals surface area contributed by atoms with E-state index in [-0.39, 0.29) is 11.9 Å². The van der Waals surface area contributed by atoms with Crippen LogP contribution in [0.1, 0.15) is 27.7 Å². The molecule has 2 heterocycles. The van der Waals surface area contributed by atoms with E-state index in [1.807, 2.05) is 23.1 Å². The Balaban J connectivity index is 1.76. The van der Waals surface area contributed by atoms with Crippen LogP contribution in [-0.2, 0) is 6.42 Å². The fourth-order valence-corrected chi connectivity index (χ4v) is 3.98. The number of H-pyrrole nitrogens is 1. The average Bonchev–Trinajstić information content (AvgIpc) is 2.98. The molecule has 0 saturated heterocycles. The van der Waals surface area contributed by atoms with Crippen molar-refractivity contribution in [1.29, 1.82) is 0 Å². The number of carbonyl (C=O) groups is 1. The van der Waals surface area contributed by atoms with Gasteiger partial charge in [0.25, 0.3) is 5.91 Å². The average molecular weight is 374 g/mol. The normalized spacial score (nSPS) is 16.9. The van der Waals surface area contributed by atoms with E-state index in [0.29, 0.717) is 28.7 Å². The number of benzene rings is 2. The van der Waals surface area contributed by atoms with Crippen molar-refractivity contribution in [3.63, 3.8) is 0 Å². The lowest BCUT2D eigenvalue weighted by Gasteiger charge is -2.35. The van der Waals surface area contributed by atoms with Gasteiger partial charge in [-0.3, -0.25) is 4.79 Å². The highest BCUT2D eigenvalue weighted by molar-refractivity contribution is 6.31. The Morgan fingerprint density at radius 1 is 1.20 bits per heavy atom. The van der Waals surface area contributed by atoms with Crippen LogP contribution in [0.4, 0.5) is 0 Å². The van der Waals surface area contributed by atoms with Crippen LogP contribution in [0.2, 0.25) is 10.0 Å². The van der Waals surface area contributed by atoms with Crippen LogP contribution < -0.4 is 5.73 Å². The fourth-order valence-electron chi connectivity index (χ4n) is 3.61. The van der Waals surface area contributed by atoms with Crippen LogP contribution in [0, 0.1) is 0 Å². The summed E-state index contributed by atoms with van der Waals surface area (Å²) in [6.07, 6.45) is 0.762. The molecule has 1 aliphatic heterocycles. The first-order valence-electron chi connectivity index (χ1n) is 8.15. The summed E-state index contributed by atoms with van der Waals surface area (Å²) in [7, 11) is 0. The van der Waals surface area contributed by atoms with E-state index in [4.69, 9.17) is 28.9 Å². The Morgan fingerprint density at radius 2 is 2.00 bits per heavy atom. The van der Waals surface area contributed by atoms with E-state index in [1.165, 1.54) is 5.56 Å². The number of nitrogens with two attached hydrogens (primary N) is 1. The van der Waals surface area contributed by atoms with E-state index in [0.717, 1.165) is 23.0 Å². The van der Waals surface area contributed by atoms with E-state index in [1.54, 1.807) is 24.3 Å². The van der Waals surface area contributed by atoms with Gasteiger partial charge in [0, 0.05) is 45.3 Å². The number of aromatic amines is 1. The Labute approximate surface area is 155 Å². The van der Waals surface area contributed by atoms with Crippen LogP contribution in [0.5, 0.6) is 0 Å². The molecule has 4 nitrogen and oxygen atoms in total.